The van der Waals surface area contributed by atoms with E-state index in [0.29, 0.717) is 29.1 Å². The molecule has 0 aliphatic carbocycles. The third-order valence-electron chi connectivity index (χ3n) is 3.64. The Morgan fingerprint density at radius 1 is 1.29 bits per heavy atom. The number of aryl methyl sites for hydroxylation is 1. The summed E-state index contributed by atoms with van der Waals surface area (Å²) in [5.74, 6) is 0.270. The van der Waals surface area contributed by atoms with E-state index in [0.717, 1.165) is 5.56 Å². The average Bonchev–Trinajstić information content (AvgIpc) is 2.60. The van der Waals surface area contributed by atoms with Crippen molar-refractivity contribution in [2.45, 2.75) is 12.8 Å². The zero-order chi connectivity index (χ0) is 16.9. The first-order valence-electron chi connectivity index (χ1n) is 7.50. The van der Waals surface area contributed by atoms with Crippen molar-refractivity contribution in [2.24, 2.45) is 0 Å². The Bertz CT molecular complexity index is 840. The average molecular weight is 321 g/mol. The van der Waals surface area contributed by atoms with Gasteiger partial charge in [0, 0.05) is 6.42 Å². The highest BCUT2D eigenvalue weighted by Gasteiger charge is 2.16. The molecule has 3 rings (SSSR count). The molecular formula is C18H15N3O3. The molecule has 2 aromatic carbocycles. The molecule has 0 unspecified atom stereocenters. The molecule has 2 N–H and O–H groups in total. The first kappa shape index (κ1) is 15.6. The smallest absolute Gasteiger partial charge is 0.262 e. The van der Waals surface area contributed by atoms with Gasteiger partial charge in [0.05, 0.1) is 16.9 Å². The molecule has 1 aliphatic heterocycles. The van der Waals surface area contributed by atoms with Gasteiger partial charge in [0.2, 0.25) is 5.91 Å². The van der Waals surface area contributed by atoms with Gasteiger partial charge < -0.3 is 15.4 Å². The molecule has 6 nitrogen and oxygen atoms in total. The third-order valence-corrected chi connectivity index (χ3v) is 3.64. The van der Waals surface area contributed by atoms with Gasteiger partial charge in [-0.1, -0.05) is 18.2 Å². The summed E-state index contributed by atoms with van der Waals surface area (Å²) in [5.41, 5.74) is 2.48. The number of rotatable bonds is 4. The lowest BCUT2D eigenvalue weighted by molar-refractivity contribution is -0.118. The molecule has 0 saturated carbocycles. The van der Waals surface area contributed by atoms with E-state index in [4.69, 9.17) is 10.00 Å². The van der Waals surface area contributed by atoms with E-state index in [1.165, 1.54) is 0 Å². The van der Waals surface area contributed by atoms with Crippen LogP contribution in [0, 0.1) is 11.3 Å². The molecule has 24 heavy (non-hydrogen) atoms. The second kappa shape index (κ2) is 6.84. The molecular weight excluding hydrogens is 306 g/mol. The van der Waals surface area contributed by atoms with E-state index in [2.05, 4.69) is 10.6 Å². The molecule has 120 valence electrons. The maximum Gasteiger partial charge on any atom is 0.262 e. The number of hydrogen-bond donors (Lipinski definition) is 2. The molecule has 0 spiro atoms. The Morgan fingerprint density at radius 2 is 2.12 bits per heavy atom. The minimum Gasteiger partial charge on any atom is -0.482 e. The number of para-hydroxylation sites is 1. The zero-order valence-electron chi connectivity index (χ0n) is 12.8. The maximum atomic E-state index is 12.1. The van der Waals surface area contributed by atoms with Crippen LogP contribution in [0.15, 0.2) is 42.5 Å². The van der Waals surface area contributed by atoms with Crippen molar-refractivity contribution in [1.29, 1.82) is 5.26 Å². The Balaban J connectivity index is 1.62. The number of carbonyl (C=O) groups is 2. The lowest BCUT2D eigenvalue weighted by atomic mass is 10.1. The third kappa shape index (κ3) is 3.52. The van der Waals surface area contributed by atoms with Gasteiger partial charge in [0.25, 0.3) is 5.91 Å². The van der Waals surface area contributed by atoms with Gasteiger partial charge in [-0.3, -0.25) is 9.59 Å². The van der Waals surface area contributed by atoms with E-state index >= 15 is 0 Å². The normalized spacial score (nSPS) is 12.4. The first-order valence-corrected chi connectivity index (χ1v) is 7.50. The summed E-state index contributed by atoms with van der Waals surface area (Å²) in [6.07, 6.45) is 0.789. The lowest BCUT2D eigenvalue weighted by Gasteiger charge is -2.18. The van der Waals surface area contributed by atoms with Crippen LogP contribution in [0.3, 0.4) is 0 Å². The number of ether oxygens (including phenoxy) is 1. The Hall–Kier alpha value is -3.33. The topological polar surface area (TPSA) is 91.2 Å². The number of benzene rings is 2. The van der Waals surface area contributed by atoms with Crippen LogP contribution in [0.25, 0.3) is 0 Å². The SMILES string of the molecule is N#Cc1ccccc1NC(=O)CCc1ccc2c(c1)NC(=O)CO2. The summed E-state index contributed by atoms with van der Waals surface area (Å²) in [4.78, 5) is 23.4. The number of hydrogen-bond acceptors (Lipinski definition) is 4. The number of carbonyl (C=O) groups excluding carboxylic acids is 2. The fraction of sp³-hybridized carbons (Fsp3) is 0.167. The van der Waals surface area contributed by atoms with Crippen LogP contribution in [-0.2, 0) is 16.0 Å². The highest BCUT2D eigenvalue weighted by Crippen LogP contribution is 2.28. The van der Waals surface area contributed by atoms with Crippen LogP contribution in [0.4, 0.5) is 11.4 Å². The van der Waals surface area contributed by atoms with Crippen LogP contribution >= 0.6 is 0 Å². The molecule has 0 fully saturated rings. The second-order valence-electron chi connectivity index (χ2n) is 5.37. The highest BCUT2D eigenvalue weighted by atomic mass is 16.5. The van der Waals surface area contributed by atoms with Gasteiger partial charge >= 0.3 is 0 Å². The fourth-order valence-corrected chi connectivity index (χ4v) is 2.45. The second-order valence-corrected chi connectivity index (χ2v) is 5.37. The Morgan fingerprint density at radius 3 is 2.96 bits per heavy atom. The van der Waals surface area contributed by atoms with Gasteiger partial charge in [0.15, 0.2) is 6.61 Å². The standard InChI is InChI=1S/C18H15N3O3/c19-10-13-3-1-2-4-14(13)20-17(22)8-6-12-5-7-16-15(9-12)21-18(23)11-24-16/h1-5,7,9H,6,8,11H2,(H,20,22)(H,21,23). The van der Waals surface area contributed by atoms with Gasteiger partial charge in [-0.05, 0) is 36.2 Å². The summed E-state index contributed by atoms with van der Waals surface area (Å²) in [6, 6.07) is 14.4. The Kier molecular flexibility index (Phi) is 4.43. The Labute approximate surface area is 139 Å². The van der Waals surface area contributed by atoms with E-state index in [1.54, 1.807) is 30.3 Å². The molecule has 2 aromatic rings. The van der Waals surface area contributed by atoms with Crippen molar-refractivity contribution in [3.63, 3.8) is 0 Å². The molecule has 0 aromatic heterocycles. The van der Waals surface area contributed by atoms with Gasteiger partial charge in [-0.15, -0.1) is 0 Å². The molecule has 0 atom stereocenters. The number of nitrogens with one attached hydrogen (secondary N) is 2. The summed E-state index contributed by atoms with van der Waals surface area (Å²) in [7, 11) is 0. The largest absolute Gasteiger partial charge is 0.482 e. The molecule has 6 heteroatoms. The first-order chi connectivity index (χ1) is 11.7. The number of anilines is 2. The maximum absolute atomic E-state index is 12.1. The van der Waals surface area contributed by atoms with Gasteiger partial charge in [-0.2, -0.15) is 5.26 Å². The zero-order valence-corrected chi connectivity index (χ0v) is 12.8. The number of nitrogens with zero attached hydrogens (tertiary/aromatic N) is 1. The summed E-state index contributed by atoms with van der Waals surface area (Å²) in [6.45, 7) is 0.0209. The lowest BCUT2D eigenvalue weighted by Crippen LogP contribution is -2.25. The summed E-state index contributed by atoms with van der Waals surface area (Å²) in [5, 5.41) is 14.5. The predicted octanol–water partition coefficient (Wildman–Crippen LogP) is 2.46. The van der Waals surface area contributed by atoms with Crippen molar-refractivity contribution < 1.29 is 14.3 Å². The molecule has 1 heterocycles. The van der Waals surface area contributed by atoms with E-state index in [-0.39, 0.29) is 24.8 Å². The quantitative estimate of drug-likeness (QED) is 0.905. The minimum absolute atomic E-state index is 0.0209. The van der Waals surface area contributed by atoms with E-state index in [1.807, 2.05) is 18.2 Å². The number of amides is 2. The van der Waals surface area contributed by atoms with E-state index < -0.39 is 0 Å². The minimum atomic E-state index is -0.189. The van der Waals surface area contributed by atoms with Crippen molar-refractivity contribution >= 4 is 23.2 Å². The fourth-order valence-electron chi connectivity index (χ4n) is 2.45. The van der Waals surface area contributed by atoms with Gasteiger partial charge in [0.1, 0.15) is 11.8 Å². The van der Waals surface area contributed by atoms with Crippen LogP contribution < -0.4 is 15.4 Å². The van der Waals surface area contributed by atoms with Crippen molar-refractivity contribution in [1.82, 2.24) is 0 Å². The molecule has 0 bridgehead atoms. The van der Waals surface area contributed by atoms with Crippen LogP contribution in [-0.4, -0.2) is 18.4 Å². The van der Waals surface area contributed by atoms with Crippen molar-refractivity contribution in [3.8, 4) is 11.8 Å². The van der Waals surface area contributed by atoms with Crippen LogP contribution in [0.1, 0.15) is 17.5 Å². The van der Waals surface area contributed by atoms with Gasteiger partial charge in [-0.25, -0.2) is 0 Å². The predicted molar refractivity (Wildman–Crippen MR) is 88.7 cm³/mol. The van der Waals surface area contributed by atoms with Crippen LogP contribution in [0.2, 0.25) is 0 Å². The number of nitriles is 1. The summed E-state index contributed by atoms with van der Waals surface area (Å²) >= 11 is 0. The molecule has 2 amide bonds. The number of fused-ring (bicyclic) bond motifs is 1. The van der Waals surface area contributed by atoms with Crippen molar-refractivity contribution in [2.75, 3.05) is 17.2 Å². The molecule has 0 saturated heterocycles. The summed E-state index contributed by atoms with van der Waals surface area (Å²) < 4.78 is 5.30. The highest BCUT2D eigenvalue weighted by molar-refractivity contribution is 5.95. The van der Waals surface area contributed by atoms with Crippen LogP contribution in [0.5, 0.6) is 5.75 Å². The monoisotopic (exact) mass is 321 g/mol. The van der Waals surface area contributed by atoms with E-state index in [9.17, 15) is 9.59 Å². The van der Waals surface area contributed by atoms with Crippen molar-refractivity contribution in [3.05, 3.63) is 53.6 Å². The molecule has 0 radical (unpaired) electrons. The molecule has 1 aliphatic rings.